The highest BCUT2D eigenvalue weighted by atomic mass is 16.5. The number of hydrogen-bond donors (Lipinski definition) is 1. The predicted molar refractivity (Wildman–Crippen MR) is 83.5 cm³/mol. The van der Waals surface area contributed by atoms with E-state index in [1.807, 2.05) is 18.2 Å². The van der Waals surface area contributed by atoms with Crippen molar-refractivity contribution in [3.8, 4) is 17.6 Å². The maximum Gasteiger partial charge on any atom is 0.306 e. The summed E-state index contributed by atoms with van der Waals surface area (Å²) < 4.78 is 11.4. The Hall–Kier alpha value is -2.22. The average Bonchev–Trinajstić information content (AvgIpc) is 3.00. The number of aliphatic carboxylic acids is 1. The summed E-state index contributed by atoms with van der Waals surface area (Å²) in [6, 6.07) is 7.84. The van der Waals surface area contributed by atoms with Gasteiger partial charge in [-0.25, -0.2) is 0 Å². The molecule has 2 fully saturated rings. The van der Waals surface area contributed by atoms with Crippen LogP contribution in [0.4, 0.5) is 0 Å². The van der Waals surface area contributed by atoms with E-state index >= 15 is 0 Å². The second-order valence-electron chi connectivity index (χ2n) is 6.53. The fourth-order valence-corrected chi connectivity index (χ4v) is 3.60. The van der Waals surface area contributed by atoms with Crippen LogP contribution in [0.5, 0.6) is 11.5 Å². The molecule has 1 aromatic rings. The number of nitriles is 1. The van der Waals surface area contributed by atoms with E-state index < -0.39 is 17.3 Å². The molecule has 2 aliphatic carbocycles. The summed E-state index contributed by atoms with van der Waals surface area (Å²) in [5.74, 6) is 0.0518. The van der Waals surface area contributed by atoms with Crippen LogP contribution in [0.1, 0.15) is 44.1 Å². The van der Waals surface area contributed by atoms with Crippen molar-refractivity contribution < 1.29 is 19.4 Å². The van der Waals surface area contributed by atoms with Gasteiger partial charge in [-0.1, -0.05) is 6.07 Å². The smallest absolute Gasteiger partial charge is 0.306 e. The highest BCUT2D eigenvalue weighted by Gasteiger charge is 2.49. The first-order chi connectivity index (χ1) is 11.1. The molecule has 0 bridgehead atoms. The van der Waals surface area contributed by atoms with Gasteiger partial charge in [0.1, 0.15) is 0 Å². The largest absolute Gasteiger partial charge is 0.493 e. The van der Waals surface area contributed by atoms with E-state index in [-0.39, 0.29) is 6.10 Å². The lowest BCUT2D eigenvalue weighted by Crippen LogP contribution is -2.43. The van der Waals surface area contributed by atoms with Gasteiger partial charge in [0.15, 0.2) is 11.5 Å². The van der Waals surface area contributed by atoms with Crippen molar-refractivity contribution in [2.45, 2.75) is 50.0 Å². The standard InChI is InChI=1S/C18H21NO4/c1-22-15-7-6-13(8-16(15)23-14-4-2-3-5-14)18(11-19)9-12(10-18)17(20)21/h6-8,12,14H,2-5,9-10H2,1H3,(H,20,21). The molecule has 2 aliphatic rings. The van der Waals surface area contributed by atoms with E-state index in [0.717, 1.165) is 18.4 Å². The number of carboxylic acids is 1. The van der Waals surface area contributed by atoms with Gasteiger partial charge in [-0.2, -0.15) is 5.26 Å². The molecule has 5 nitrogen and oxygen atoms in total. The van der Waals surface area contributed by atoms with Crippen LogP contribution in [0.2, 0.25) is 0 Å². The second-order valence-corrected chi connectivity index (χ2v) is 6.53. The van der Waals surface area contributed by atoms with E-state index in [1.54, 1.807) is 7.11 Å². The summed E-state index contributed by atoms with van der Waals surface area (Å²) in [5, 5.41) is 18.7. The molecule has 1 N–H and O–H groups in total. The Morgan fingerprint density at radius 2 is 2.00 bits per heavy atom. The third-order valence-corrected chi connectivity index (χ3v) is 5.07. The zero-order chi connectivity index (χ0) is 16.4. The molecule has 0 saturated heterocycles. The Balaban J connectivity index is 1.85. The van der Waals surface area contributed by atoms with E-state index in [9.17, 15) is 10.1 Å². The molecule has 122 valence electrons. The van der Waals surface area contributed by atoms with Crippen molar-refractivity contribution in [1.29, 1.82) is 5.26 Å². The minimum atomic E-state index is -0.827. The van der Waals surface area contributed by atoms with Gasteiger partial charge in [-0.15, -0.1) is 0 Å². The maximum absolute atomic E-state index is 11.1. The average molecular weight is 315 g/mol. The summed E-state index contributed by atoms with van der Waals surface area (Å²) >= 11 is 0. The van der Waals surface area contributed by atoms with Crippen LogP contribution in [-0.2, 0) is 10.2 Å². The second kappa shape index (κ2) is 6.11. The predicted octanol–water partition coefficient (Wildman–Crippen LogP) is 3.27. The monoisotopic (exact) mass is 315 g/mol. The molecule has 0 heterocycles. The summed E-state index contributed by atoms with van der Waals surface area (Å²) in [4.78, 5) is 11.1. The molecule has 0 aliphatic heterocycles. The van der Waals surface area contributed by atoms with Crippen LogP contribution < -0.4 is 9.47 Å². The van der Waals surface area contributed by atoms with Gasteiger partial charge in [0.2, 0.25) is 0 Å². The molecule has 1 aromatic carbocycles. The Morgan fingerprint density at radius 1 is 1.30 bits per heavy atom. The molecule has 0 amide bonds. The van der Waals surface area contributed by atoms with E-state index in [4.69, 9.17) is 14.6 Å². The van der Waals surface area contributed by atoms with Gasteiger partial charge in [-0.05, 0) is 56.2 Å². The number of carbonyl (C=O) groups is 1. The van der Waals surface area contributed by atoms with Gasteiger partial charge in [0.05, 0.1) is 30.6 Å². The third-order valence-electron chi connectivity index (χ3n) is 5.07. The molecule has 0 aromatic heterocycles. The zero-order valence-electron chi connectivity index (χ0n) is 13.2. The highest BCUT2D eigenvalue weighted by molar-refractivity contribution is 5.73. The fraction of sp³-hybridized carbons (Fsp3) is 0.556. The summed E-state index contributed by atoms with van der Waals surface area (Å²) in [6.45, 7) is 0. The molecule has 5 heteroatoms. The Kier molecular flexibility index (Phi) is 4.16. The highest BCUT2D eigenvalue weighted by Crippen LogP contribution is 2.49. The Bertz CT molecular complexity index is 637. The number of hydrogen-bond acceptors (Lipinski definition) is 4. The normalized spacial score (nSPS) is 27.0. The van der Waals surface area contributed by atoms with Gasteiger partial charge < -0.3 is 14.6 Å². The molecule has 3 rings (SSSR count). The van der Waals surface area contributed by atoms with Crippen molar-refractivity contribution in [3.63, 3.8) is 0 Å². The third kappa shape index (κ3) is 2.86. The number of benzene rings is 1. The lowest BCUT2D eigenvalue weighted by atomic mass is 9.59. The summed E-state index contributed by atoms with van der Waals surface area (Å²) in [6.07, 6.45) is 5.34. The number of methoxy groups -OCH3 is 1. The summed E-state index contributed by atoms with van der Waals surface area (Å²) in [7, 11) is 1.60. The topological polar surface area (TPSA) is 79.5 Å². The van der Waals surface area contributed by atoms with Gasteiger partial charge in [0.25, 0.3) is 0 Å². The first kappa shape index (κ1) is 15.7. The van der Waals surface area contributed by atoms with E-state index in [0.29, 0.717) is 24.3 Å². The molecule has 23 heavy (non-hydrogen) atoms. The molecular formula is C18H21NO4. The molecule has 0 spiro atoms. The van der Waals surface area contributed by atoms with E-state index in [2.05, 4.69) is 6.07 Å². The van der Waals surface area contributed by atoms with Gasteiger partial charge in [-0.3, -0.25) is 4.79 Å². The van der Waals surface area contributed by atoms with E-state index in [1.165, 1.54) is 12.8 Å². The van der Waals surface area contributed by atoms with Crippen LogP contribution >= 0.6 is 0 Å². The van der Waals surface area contributed by atoms with Crippen LogP contribution in [-0.4, -0.2) is 24.3 Å². The molecule has 0 atom stereocenters. The molecular weight excluding hydrogens is 294 g/mol. The minimum Gasteiger partial charge on any atom is -0.493 e. The number of rotatable bonds is 5. The lowest BCUT2D eigenvalue weighted by molar-refractivity contribution is -0.146. The first-order valence-electron chi connectivity index (χ1n) is 8.07. The SMILES string of the molecule is COc1ccc(C2(C#N)CC(C(=O)O)C2)cc1OC1CCCC1. The summed E-state index contributed by atoms with van der Waals surface area (Å²) in [5.41, 5.74) is 0.106. The van der Waals surface area contributed by atoms with Crippen molar-refractivity contribution >= 4 is 5.97 Å². The fourth-order valence-electron chi connectivity index (χ4n) is 3.60. The first-order valence-corrected chi connectivity index (χ1v) is 8.07. The maximum atomic E-state index is 11.1. The van der Waals surface area contributed by atoms with Crippen molar-refractivity contribution in [2.24, 2.45) is 5.92 Å². The zero-order valence-corrected chi connectivity index (χ0v) is 13.2. The Morgan fingerprint density at radius 3 is 2.57 bits per heavy atom. The molecule has 2 saturated carbocycles. The molecule has 0 radical (unpaired) electrons. The van der Waals surface area contributed by atoms with Crippen molar-refractivity contribution in [3.05, 3.63) is 23.8 Å². The van der Waals surface area contributed by atoms with Gasteiger partial charge >= 0.3 is 5.97 Å². The van der Waals surface area contributed by atoms with Crippen LogP contribution in [0.15, 0.2) is 18.2 Å². The number of nitrogens with zero attached hydrogens (tertiary/aromatic N) is 1. The van der Waals surface area contributed by atoms with Crippen LogP contribution in [0, 0.1) is 17.2 Å². The number of ether oxygens (including phenoxy) is 2. The Labute approximate surface area is 135 Å². The molecule has 0 unspecified atom stereocenters. The minimum absolute atomic E-state index is 0.199. The van der Waals surface area contributed by atoms with Gasteiger partial charge in [0, 0.05) is 0 Å². The van der Waals surface area contributed by atoms with Crippen molar-refractivity contribution in [2.75, 3.05) is 7.11 Å². The lowest BCUT2D eigenvalue weighted by Gasteiger charge is -2.40. The quantitative estimate of drug-likeness (QED) is 0.902. The number of carboxylic acid groups (broad SMARTS) is 1. The van der Waals surface area contributed by atoms with Crippen LogP contribution in [0.25, 0.3) is 0 Å². The van der Waals surface area contributed by atoms with Crippen molar-refractivity contribution in [1.82, 2.24) is 0 Å². The van der Waals surface area contributed by atoms with Crippen LogP contribution in [0.3, 0.4) is 0 Å².